The highest BCUT2D eigenvalue weighted by atomic mass is 16.2. The molecule has 0 bridgehead atoms. The fraction of sp³-hybridized carbons (Fsp3) is 0.176. The second-order valence-corrected chi connectivity index (χ2v) is 5.34. The molecule has 2 amide bonds. The van der Waals surface area contributed by atoms with Crippen LogP contribution in [0.4, 0.5) is 0 Å². The number of carbonyl (C=O) groups is 2. The number of hydrogen-bond donors (Lipinski definition) is 0. The zero-order chi connectivity index (χ0) is 13.7. The Morgan fingerprint density at radius 3 is 2.60 bits per heavy atom. The number of benzene rings is 2. The fourth-order valence-corrected chi connectivity index (χ4v) is 3.46. The highest BCUT2D eigenvalue weighted by Crippen LogP contribution is 2.44. The second-order valence-electron chi connectivity index (χ2n) is 5.34. The summed E-state index contributed by atoms with van der Waals surface area (Å²) in [6, 6.07) is 14.2. The highest BCUT2D eigenvalue weighted by molar-refractivity contribution is 5.92. The van der Waals surface area contributed by atoms with Crippen LogP contribution in [-0.4, -0.2) is 17.2 Å². The lowest BCUT2D eigenvalue weighted by Gasteiger charge is -2.38. The Kier molecular flexibility index (Phi) is 2.30. The predicted octanol–water partition coefficient (Wildman–Crippen LogP) is 2.49. The van der Waals surface area contributed by atoms with Gasteiger partial charge in [0.2, 0.25) is 12.3 Å². The second kappa shape index (κ2) is 4.04. The zero-order valence-electron chi connectivity index (χ0n) is 10.9. The molecule has 4 rings (SSSR count). The molecular formula is C17H13NO2. The van der Waals surface area contributed by atoms with Gasteiger partial charge in [-0.05, 0) is 34.2 Å². The molecule has 2 aromatic carbocycles. The van der Waals surface area contributed by atoms with Crippen LogP contribution in [0.1, 0.15) is 22.7 Å². The van der Waals surface area contributed by atoms with E-state index in [0.29, 0.717) is 19.3 Å². The Hall–Kier alpha value is -2.42. The first-order valence-corrected chi connectivity index (χ1v) is 6.76. The number of amides is 2. The van der Waals surface area contributed by atoms with E-state index in [4.69, 9.17) is 0 Å². The van der Waals surface area contributed by atoms with E-state index in [1.807, 2.05) is 24.3 Å². The van der Waals surface area contributed by atoms with Crippen molar-refractivity contribution in [3.63, 3.8) is 0 Å². The molecule has 98 valence electrons. The lowest BCUT2D eigenvalue weighted by Crippen LogP contribution is -2.41. The van der Waals surface area contributed by atoms with Gasteiger partial charge in [-0.2, -0.15) is 0 Å². The first-order chi connectivity index (χ1) is 9.79. The van der Waals surface area contributed by atoms with Crippen molar-refractivity contribution in [3.05, 3.63) is 59.2 Å². The summed E-state index contributed by atoms with van der Waals surface area (Å²) in [6.45, 7) is 0. The van der Waals surface area contributed by atoms with Crippen LogP contribution < -0.4 is 0 Å². The molecule has 1 atom stereocenters. The summed E-state index contributed by atoms with van der Waals surface area (Å²) in [5.41, 5.74) is 5.79. The smallest absolute Gasteiger partial charge is 0.233 e. The van der Waals surface area contributed by atoms with Crippen LogP contribution in [-0.2, 0) is 22.4 Å². The molecule has 0 saturated carbocycles. The highest BCUT2D eigenvalue weighted by Gasteiger charge is 2.37. The van der Waals surface area contributed by atoms with Gasteiger partial charge >= 0.3 is 0 Å². The summed E-state index contributed by atoms with van der Waals surface area (Å²) in [7, 11) is 0. The third-order valence-electron chi connectivity index (χ3n) is 4.33. The Labute approximate surface area is 116 Å². The summed E-state index contributed by atoms with van der Waals surface area (Å²) < 4.78 is 0. The van der Waals surface area contributed by atoms with Gasteiger partial charge in [0.25, 0.3) is 0 Å². The van der Waals surface area contributed by atoms with Crippen LogP contribution in [0.2, 0.25) is 0 Å². The molecule has 1 aliphatic heterocycles. The Morgan fingerprint density at radius 2 is 1.75 bits per heavy atom. The van der Waals surface area contributed by atoms with Gasteiger partial charge in [0.15, 0.2) is 0 Å². The standard InChI is InChI=1S/C17H13NO2/c19-10-18-15-8-11-4-1-2-6-13(11)14-7-3-5-12(17(14)15)9-16(18)20/h1-7,10,15H,8-9H2. The largest absolute Gasteiger partial charge is 0.278 e. The Bertz CT molecular complexity index is 736. The van der Waals surface area contributed by atoms with Crippen LogP contribution in [0.15, 0.2) is 42.5 Å². The van der Waals surface area contributed by atoms with Crippen LogP contribution in [0.3, 0.4) is 0 Å². The Balaban J connectivity index is 2.02. The van der Waals surface area contributed by atoms with E-state index >= 15 is 0 Å². The number of fused-ring (bicyclic) bond motifs is 2. The monoisotopic (exact) mass is 263 g/mol. The lowest BCUT2D eigenvalue weighted by molar-refractivity contribution is -0.141. The molecule has 0 radical (unpaired) electrons. The summed E-state index contributed by atoms with van der Waals surface area (Å²) in [6.07, 6.45) is 1.71. The van der Waals surface area contributed by atoms with E-state index in [1.165, 1.54) is 16.0 Å². The van der Waals surface area contributed by atoms with Gasteiger partial charge in [0, 0.05) is 0 Å². The fourth-order valence-electron chi connectivity index (χ4n) is 3.46. The molecule has 3 heteroatoms. The molecule has 1 heterocycles. The van der Waals surface area contributed by atoms with Crippen LogP contribution in [0.5, 0.6) is 0 Å². The van der Waals surface area contributed by atoms with E-state index in [-0.39, 0.29) is 11.9 Å². The van der Waals surface area contributed by atoms with Gasteiger partial charge in [-0.3, -0.25) is 14.5 Å². The van der Waals surface area contributed by atoms with E-state index in [0.717, 1.165) is 16.7 Å². The molecular weight excluding hydrogens is 250 g/mol. The van der Waals surface area contributed by atoms with Crippen LogP contribution in [0, 0.1) is 0 Å². The van der Waals surface area contributed by atoms with Crippen LogP contribution in [0.25, 0.3) is 11.1 Å². The van der Waals surface area contributed by atoms with Crippen LogP contribution >= 0.6 is 0 Å². The number of nitrogens with zero attached hydrogens (tertiary/aromatic N) is 1. The van der Waals surface area contributed by atoms with Crippen molar-refractivity contribution >= 4 is 12.3 Å². The lowest BCUT2D eigenvalue weighted by atomic mass is 9.77. The van der Waals surface area contributed by atoms with Crippen molar-refractivity contribution in [2.75, 3.05) is 0 Å². The normalized spacial score (nSPS) is 19.3. The van der Waals surface area contributed by atoms with Crippen molar-refractivity contribution in [2.24, 2.45) is 0 Å². The van der Waals surface area contributed by atoms with E-state index < -0.39 is 0 Å². The van der Waals surface area contributed by atoms with Gasteiger partial charge in [0.05, 0.1) is 12.5 Å². The third kappa shape index (κ3) is 1.40. The molecule has 3 nitrogen and oxygen atoms in total. The average Bonchev–Trinajstić information content (AvgIpc) is 2.47. The van der Waals surface area contributed by atoms with Crippen molar-refractivity contribution in [3.8, 4) is 11.1 Å². The molecule has 0 spiro atoms. The van der Waals surface area contributed by atoms with E-state index in [9.17, 15) is 9.59 Å². The third-order valence-corrected chi connectivity index (χ3v) is 4.33. The molecule has 0 fully saturated rings. The van der Waals surface area contributed by atoms with Crippen molar-refractivity contribution < 1.29 is 9.59 Å². The van der Waals surface area contributed by atoms with Crippen molar-refractivity contribution in [1.29, 1.82) is 0 Å². The molecule has 20 heavy (non-hydrogen) atoms. The minimum absolute atomic E-state index is 0.103. The minimum Gasteiger partial charge on any atom is -0.278 e. The maximum atomic E-state index is 12.1. The Morgan fingerprint density at radius 1 is 1.00 bits per heavy atom. The number of imide groups is 1. The molecule has 0 saturated heterocycles. The number of carbonyl (C=O) groups excluding carboxylic acids is 2. The summed E-state index contributed by atoms with van der Waals surface area (Å²) in [5.74, 6) is -0.103. The molecule has 2 aliphatic rings. The summed E-state index contributed by atoms with van der Waals surface area (Å²) in [4.78, 5) is 24.8. The molecule has 2 aromatic rings. The SMILES string of the molecule is O=CN1C(=O)Cc2cccc3c2C1Cc1ccccc1-3. The topological polar surface area (TPSA) is 37.4 Å². The number of rotatable bonds is 1. The van der Waals surface area contributed by atoms with Crippen molar-refractivity contribution in [2.45, 2.75) is 18.9 Å². The minimum atomic E-state index is -0.144. The molecule has 0 aromatic heterocycles. The molecule has 1 aliphatic carbocycles. The van der Waals surface area contributed by atoms with Crippen molar-refractivity contribution in [1.82, 2.24) is 4.90 Å². The summed E-state index contributed by atoms with van der Waals surface area (Å²) >= 11 is 0. The summed E-state index contributed by atoms with van der Waals surface area (Å²) in [5, 5.41) is 0. The van der Waals surface area contributed by atoms with Gasteiger partial charge in [-0.25, -0.2) is 0 Å². The first-order valence-electron chi connectivity index (χ1n) is 6.76. The average molecular weight is 263 g/mol. The number of hydrogen-bond acceptors (Lipinski definition) is 2. The molecule has 1 unspecified atom stereocenters. The van der Waals surface area contributed by atoms with E-state index in [1.54, 1.807) is 0 Å². The maximum absolute atomic E-state index is 12.1. The van der Waals surface area contributed by atoms with Gasteiger partial charge in [-0.1, -0.05) is 42.5 Å². The first kappa shape index (κ1) is 11.4. The molecule has 0 N–H and O–H groups in total. The van der Waals surface area contributed by atoms with Gasteiger partial charge in [-0.15, -0.1) is 0 Å². The van der Waals surface area contributed by atoms with Gasteiger partial charge in [0.1, 0.15) is 0 Å². The van der Waals surface area contributed by atoms with E-state index in [2.05, 4.69) is 18.2 Å². The predicted molar refractivity (Wildman–Crippen MR) is 74.9 cm³/mol. The quantitative estimate of drug-likeness (QED) is 0.741. The van der Waals surface area contributed by atoms with Gasteiger partial charge < -0.3 is 0 Å². The maximum Gasteiger partial charge on any atom is 0.233 e. The zero-order valence-corrected chi connectivity index (χ0v) is 10.9.